The van der Waals surface area contributed by atoms with E-state index in [0.29, 0.717) is 0 Å². The van der Waals surface area contributed by atoms with E-state index in [-0.39, 0.29) is 17.5 Å². The summed E-state index contributed by atoms with van der Waals surface area (Å²) in [6.07, 6.45) is 7.66. The van der Waals surface area contributed by atoms with Crippen molar-refractivity contribution in [3.8, 4) is 11.3 Å². The van der Waals surface area contributed by atoms with E-state index < -0.39 is 0 Å². The fourth-order valence-corrected chi connectivity index (χ4v) is 8.85. The Bertz CT molecular complexity index is 1480. The first-order valence-electron chi connectivity index (χ1n) is 13.7. The topological polar surface area (TPSA) is 36.1 Å². The predicted octanol–water partition coefficient (Wildman–Crippen LogP) is 7.66. The zero-order valence-corrected chi connectivity index (χ0v) is 20.8. The molecule has 0 saturated heterocycles. The van der Waals surface area contributed by atoms with Crippen LogP contribution in [-0.4, -0.2) is 21.3 Å². The van der Waals surface area contributed by atoms with E-state index in [9.17, 15) is 4.79 Å². The van der Waals surface area contributed by atoms with Gasteiger partial charge in [0.05, 0.1) is 11.7 Å². The molecule has 2 heterocycles. The third-order valence-corrected chi connectivity index (χ3v) is 9.84. The summed E-state index contributed by atoms with van der Waals surface area (Å²) in [5.74, 6) is 2.60. The van der Waals surface area contributed by atoms with E-state index >= 15 is 0 Å². The maximum Gasteiger partial charge on any atom is 0.255 e. The number of carbonyl (C=O) groups excluding carboxylic acids is 1. The summed E-state index contributed by atoms with van der Waals surface area (Å²) in [4.78, 5) is 20.5. The molecule has 3 heteroatoms. The second-order valence-electron chi connectivity index (χ2n) is 12.1. The first-order chi connectivity index (χ1) is 17.6. The lowest BCUT2D eigenvalue weighted by Crippen LogP contribution is -2.61. The Morgan fingerprint density at radius 3 is 2.17 bits per heavy atom. The second-order valence-corrected chi connectivity index (χ2v) is 12.1. The largest absolute Gasteiger partial charge is 0.354 e. The predicted molar refractivity (Wildman–Crippen MR) is 144 cm³/mol. The highest BCUT2D eigenvalue weighted by molar-refractivity contribution is 6.02. The molecule has 1 atom stereocenters. The summed E-state index contributed by atoms with van der Waals surface area (Å²) in [7, 11) is 0. The molecule has 5 aliphatic rings. The van der Waals surface area contributed by atoms with Gasteiger partial charge < -0.3 is 9.88 Å². The first kappa shape index (κ1) is 20.8. The summed E-state index contributed by atoms with van der Waals surface area (Å²) in [5.41, 5.74) is 8.07. The molecule has 0 unspecified atom stereocenters. The monoisotopic (exact) mass is 472 g/mol. The molecule has 0 spiro atoms. The van der Waals surface area contributed by atoms with E-state index in [4.69, 9.17) is 0 Å². The number of H-pyrrole nitrogens is 1. The number of amides is 1. The Balaban J connectivity index is 1.39. The van der Waals surface area contributed by atoms with Crippen LogP contribution in [0.4, 0.5) is 0 Å². The Kier molecular flexibility index (Phi) is 4.25. The average molecular weight is 473 g/mol. The van der Waals surface area contributed by atoms with E-state index in [0.717, 1.165) is 34.5 Å². The molecule has 1 amide bonds. The molecular formula is C33H32N2O. The second kappa shape index (κ2) is 7.35. The molecule has 3 aromatic carbocycles. The number of fused-ring (bicyclic) bond motifs is 2. The van der Waals surface area contributed by atoms with Crippen LogP contribution < -0.4 is 0 Å². The van der Waals surface area contributed by atoms with Gasteiger partial charge in [-0.3, -0.25) is 4.79 Å². The number of hydrogen-bond donors (Lipinski definition) is 1. The Hall–Kier alpha value is -3.33. The fraction of sp³-hybridized carbons (Fsp3) is 0.364. The van der Waals surface area contributed by atoms with Gasteiger partial charge in [-0.05, 0) is 86.5 Å². The summed E-state index contributed by atoms with van der Waals surface area (Å²) in [5, 5.41) is 1.23. The van der Waals surface area contributed by atoms with Crippen LogP contribution in [0.15, 0.2) is 72.8 Å². The van der Waals surface area contributed by atoms with Crippen LogP contribution in [0.5, 0.6) is 0 Å². The first-order valence-corrected chi connectivity index (χ1v) is 13.7. The van der Waals surface area contributed by atoms with E-state index in [1.807, 2.05) is 6.07 Å². The number of benzene rings is 3. The third kappa shape index (κ3) is 2.83. The van der Waals surface area contributed by atoms with Gasteiger partial charge in [-0.25, -0.2) is 0 Å². The summed E-state index contributed by atoms with van der Waals surface area (Å²) < 4.78 is 0. The highest BCUT2D eigenvalue weighted by Gasteiger charge is 2.58. The van der Waals surface area contributed by atoms with Crippen LogP contribution in [0.25, 0.3) is 22.2 Å². The van der Waals surface area contributed by atoms with Crippen LogP contribution >= 0.6 is 0 Å². The van der Waals surface area contributed by atoms with Gasteiger partial charge in [0.25, 0.3) is 5.91 Å². The quantitative estimate of drug-likeness (QED) is 0.326. The van der Waals surface area contributed by atoms with Gasteiger partial charge in [-0.1, -0.05) is 66.2 Å². The molecule has 0 radical (unpaired) electrons. The van der Waals surface area contributed by atoms with Crippen molar-refractivity contribution in [1.29, 1.82) is 0 Å². The van der Waals surface area contributed by atoms with Gasteiger partial charge in [-0.2, -0.15) is 0 Å². The molecule has 4 aromatic rings. The van der Waals surface area contributed by atoms with Crippen molar-refractivity contribution in [2.45, 2.75) is 57.0 Å². The van der Waals surface area contributed by atoms with E-state index in [2.05, 4.69) is 83.5 Å². The molecule has 36 heavy (non-hydrogen) atoms. The van der Waals surface area contributed by atoms with Crippen molar-refractivity contribution >= 4 is 16.8 Å². The number of para-hydroxylation sites is 1. The molecule has 9 rings (SSSR count). The Morgan fingerprint density at radius 2 is 1.44 bits per heavy atom. The van der Waals surface area contributed by atoms with Gasteiger partial charge in [0.15, 0.2) is 0 Å². The number of aromatic amines is 1. The number of rotatable bonds is 3. The zero-order valence-electron chi connectivity index (χ0n) is 20.8. The number of hydrogen-bond acceptors (Lipinski definition) is 1. The normalized spacial score (nSPS) is 30.4. The van der Waals surface area contributed by atoms with E-state index in [1.165, 1.54) is 66.2 Å². The highest BCUT2D eigenvalue weighted by atomic mass is 16.2. The number of nitrogens with one attached hydrogen (secondary N) is 1. The SMILES string of the molecule is Cc1ccc(-c2[nH]c3ccccc3c2[C@@H]2c3ccccc3C(=O)N2C23CC4CC(CC(C4)C2)C3)cc1. The minimum absolute atomic E-state index is 0.0154. The van der Waals surface area contributed by atoms with Crippen LogP contribution in [0, 0.1) is 24.7 Å². The average Bonchev–Trinajstić information content (AvgIpc) is 3.39. The van der Waals surface area contributed by atoms with Crippen molar-refractivity contribution in [2.24, 2.45) is 17.8 Å². The van der Waals surface area contributed by atoms with Gasteiger partial charge in [0, 0.05) is 27.6 Å². The summed E-state index contributed by atoms with van der Waals surface area (Å²) in [6, 6.07) is 25.8. The van der Waals surface area contributed by atoms with Gasteiger partial charge >= 0.3 is 0 Å². The van der Waals surface area contributed by atoms with Crippen molar-refractivity contribution in [3.63, 3.8) is 0 Å². The molecular weight excluding hydrogens is 440 g/mol. The number of carbonyl (C=O) groups is 1. The molecule has 4 fully saturated rings. The van der Waals surface area contributed by atoms with Crippen molar-refractivity contribution in [1.82, 2.24) is 9.88 Å². The van der Waals surface area contributed by atoms with Crippen LogP contribution in [0.3, 0.4) is 0 Å². The lowest BCUT2D eigenvalue weighted by atomic mass is 9.52. The van der Waals surface area contributed by atoms with Crippen LogP contribution in [0.1, 0.15) is 71.6 Å². The molecule has 4 saturated carbocycles. The molecule has 180 valence electrons. The standard InChI is InChI=1S/C33H32N2O/c1-20-10-12-24(13-11-20)30-29(27-8-4-5-9-28(27)34-30)31-25-6-2-3-7-26(25)32(36)35(31)33-17-21-14-22(18-33)16-23(15-21)19-33/h2-13,21-23,31,34H,14-19H2,1H3/t21?,22?,23?,31-,33?/m0/s1. The molecule has 1 N–H and O–H groups in total. The van der Waals surface area contributed by atoms with Gasteiger partial charge in [-0.15, -0.1) is 0 Å². The smallest absolute Gasteiger partial charge is 0.255 e. The van der Waals surface area contributed by atoms with Crippen LogP contribution in [0.2, 0.25) is 0 Å². The molecule has 3 nitrogen and oxygen atoms in total. The number of aromatic nitrogens is 1. The van der Waals surface area contributed by atoms with Crippen LogP contribution in [-0.2, 0) is 0 Å². The highest BCUT2D eigenvalue weighted by Crippen LogP contribution is 2.61. The Morgan fingerprint density at radius 1 is 0.806 bits per heavy atom. The lowest BCUT2D eigenvalue weighted by molar-refractivity contribution is -0.0805. The fourth-order valence-electron chi connectivity index (χ4n) is 8.85. The molecule has 4 aliphatic carbocycles. The minimum atomic E-state index is -0.0580. The molecule has 4 bridgehead atoms. The number of aryl methyl sites for hydroxylation is 1. The maximum atomic E-state index is 14.4. The van der Waals surface area contributed by atoms with Crippen molar-refractivity contribution in [3.05, 3.63) is 95.1 Å². The summed E-state index contributed by atoms with van der Waals surface area (Å²) in [6.45, 7) is 2.14. The summed E-state index contributed by atoms with van der Waals surface area (Å²) >= 11 is 0. The van der Waals surface area contributed by atoms with Crippen molar-refractivity contribution < 1.29 is 4.79 Å². The van der Waals surface area contributed by atoms with Crippen molar-refractivity contribution in [2.75, 3.05) is 0 Å². The number of nitrogens with zero attached hydrogens (tertiary/aromatic N) is 1. The minimum Gasteiger partial charge on any atom is -0.354 e. The molecule has 1 aromatic heterocycles. The lowest BCUT2D eigenvalue weighted by Gasteiger charge is -2.61. The zero-order chi connectivity index (χ0) is 24.0. The van der Waals surface area contributed by atoms with Gasteiger partial charge in [0.1, 0.15) is 0 Å². The third-order valence-electron chi connectivity index (χ3n) is 9.84. The van der Waals surface area contributed by atoms with E-state index in [1.54, 1.807) is 0 Å². The Labute approximate surface area is 212 Å². The molecule has 1 aliphatic heterocycles. The maximum absolute atomic E-state index is 14.4. The van der Waals surface area contributed by atoms with Gasteiger partial charge in [0.2, 0.25) is 0 Å².